The van der Waals surface area contributed by atoms with E-state index in [2.05, 4.69) is 22.2 Å². The van der Waals surface area contributed by atoms with Crippen molar-refractivity contribution in [1.82, 2.24) is 9.97 Å². The molecular weight excluding hydrogens is 302 g/mol. The number of anilines is 1. The number of thiophene rings is 1. The number of benzene rings is 1. The topological polar surface area (TPSA) is 54.9 Å². The molecule has 0 amide bonds. The monoisotopic (exact) mass is 317 g/mol. The highest BCUT2D eigenvalue weighted by Crippen LogP contribution is 2.27. The zero-order valence-corrected chi connectivity index (χ0v) is 13.4. The maximum atomic E-state index is 11.4. The van der Waals surface area contributed by atoms with Crippen LogP contribution in [0, 0.1) is 0 Å². The van der Waals surface area contributed by atoms with Crippen molar-refractivity contribution in [3.05, 3.63) is 47.6 Å². The van der Waals surface area contributed by atoms with Crippen molar-refractivity contribution >= 4 is 38.2 Å². The van der Waals surface area contributed by atoms with E-state index < -0.39 is 10.8 Å². The van der Waals surface area contributed by atoms with Gasteiger partial charge in [-0.05, 0) is 36.1 Å². The van der Waals surface area contributed by atoms with Gasteiger partial charge in [0.1, 0.15) is 17.0 Å². The Kier molecular flexibility index (Phi) is 3.98. The van der Waals surface area contributed by atoms with Crippen LogP contribution < -0.4 is 5.32 Å². The van der Waals surface area contributed by atoms with Crippen LogP contribution in [0.3, 0.4) is 0 Å². The number of hydrogen-bond donors (Lipinski definition) is 1. The van der Waals surface area contributed by atoms with E-state index in [4.69, 9.17) is 0 Å². The molecule has 0 radical (unpaired) electrons. The zero-order valence-electron chi connectivity index (χ0n) is 11.7. The highest BCUT2D eigenvalue weighted by atomic mass is 32.2. The van der Waals surface area contributed by atoms with Crippen molar-refractivity contribution in [3.8, 4) is 0 Å². The lowest BCUT2D eigenvalue weighted by atomic mass is 10.1. The molecule has 2 unspecified atom stereocenters. The summed E-state index contributed by atoms with van der Waals surface area (Å²) in [5.74, 6) is 0.844. The predicted molar refractivity (Wildman–Crippen MR) is 88.2 cm³/mol. The second kappa shape index (κ2) is 5.91. The third kappa shape index (κ3) is 2.96. The molecule has 3 aromatic rings. The van der Waals surface area contributed by atoms with Crippen molar-refractivity contribution in [2.45, 2.75) is 17.9 Å². The SMILES string of the molecule is CC(Nc1ncnc2sccc12)c1ccc(S(C)=O)cc1. The first-order chi connectivity index (χ1) is 10.1. The number of nitrogens with zero attached hydrogens (tertiary/aromatic N) is 2. The molecule has 1 aromatic carbocycles. The number of aromatic nitrogens is 2. The van der Waals surface area contributed by atoms with Crippen molar-refractivity contribution in [3.63, 3.8) is 0 Å². The van der Waals surface area contributed by atoms with E-state index in [9.17, 15) is 4.21 Å². The van der Waals surface area contributed by atoms with Crippen LogP contribution >= 0.6 is 11.3 Å². The van der Waals surface area contributed by atoms with Crippen molar-refractivity contribution in [2.75, 3.05) is 11.6 Å². The lowest BCUT2D eigenvalue weighted by Crippen LogP contribution is -2.08. The highest BCUT2D eigenvalue weighted by Gasteiger charge is 2.10. The van der Waals surface area contributed by atoms with Crippen LogP contribution in [0.2, 0.25) is 0 Å². The first kappa shape index (κ1) is 14.2. The van der Waals surface area contributed by atoms with Crippen LogP contribution in [0.15, 0.2) is 46.9 Å². The molecule has 2 heterocycles. The molecule has 0 aliphatic carbocycles. The Bertz CT molecular complexity index is 783. The summed E-state index contributed by atoms with van der Waals surface area (Å²) < 4.78 is 11.4. The lowest BCUT2D eigenvalue weighted by molar-refractivity contribution is 0.686. The minimum absolute atomic E-state index is 0.113. The minimum atomic E-state index is -0.941. The molecule has 0 aliphatic rings. The smallest absolute Gasteiger partial charge is 0.138 e. The quantitative estimate of drug-likeness (QED) is 0.799. The van der Waals surface area contributed by atoms with Gasteiger partial charge in [0.2, 0.25) is 0 Å². The maximum absolute atomic E-state index is 11.4. The van der Waals surface area contributed by atoms with E-state index in [-0.39, 0.29) is 6.04 Å². The zero-order chi connectivity index (χ0) is 14.8. The van der Waals surface area contributed by atoms with E-state index in [1.807, 2.05) is 35.7 Å². The second-order valence-corrected chi connectivity index (χ2v) is 7.03. The van der Waals surface area contributed by atoms with Crippen molar-refractivity contribution in [1.29, 1.82) is 0 Å². The molecular formula is C15H15N3OS2. The number of fused-ring (bicyclic) bond motifs is 1. The predicted octanol–water partition coefficient (Wildman–Crippen LogP) is 3.60. The third-order valence-corrected chi connectivity index (χ3v) is 5.08. The molecule has 0 bridgehead atoms. The second-order valence-electron chi connectivity index (χ2n) is 4.75. The van der Waals surface area contributed by atoms with E-state index >= 15 is 0 Å². The van der Waals surface area contributed by atoms with E-state index in [1.54, 1.807) is 23.9 Å². The Labute approximate surface area is 129 Å². The molecule has 0 spiro atoms. The average molecular weight is 317 g/mol. The van der Waals surface area contributed by atoms with Gasteiger partial charge in [0.05, 0.1) is 5.39 Å². The van der Waals surface area contributed by atoms with Gasteiger partial charge < -0.3 is 5.32 Å². The van der Waals surface area contributed by atoms with Crippen LogP contribution in [0.4, 0.5) is 5.82 Å². The molecule has 0 saturated carbocycles. The summed E-state index contributed by atoms with van der Waals surface area (Å²) in [6.07, 6.45) is 3.27. The molecule has 21 heavy (non-hydrogen) atoms. The summed E-state index contributed by atoms with van der Waals surface area (Å²) in [5.41, 5.74) is 1.13. The van der Waals surface area contributed by atoms with Gasteiger partial charge >= 0.3 is 0 Å². The Balaban J connectivity index is 1.84. The van der Waals surface area contributed by atoms with Crippen LogP contribution in [0.5, 0.6) is 0 Å². The van der Waals surface area contributed by atoms with Crippen molar-refractivity contribution < 1.29 is 4.21 Å². The lowest BCUT2D eigenvalue weighted by Gasteiger charge is -2.15. The van der Waals surface area contributed by atoms with Crippen LogP contribution in [-0.2, 0) is 10.8 Å². The van der Waals surface area contributed by atoms with Crippen LogP contribution in [0.1, 0.15) is 18.5 Å². The summed E-state index contributed by atoms with van der Waals surface area (Å²) in [4.78, 5) is 10.4. The summed E-state index contributed by atoms with van der Waals surface area (Å²) >= 11 is 1.60. The molecule has 108 valence electrons. The van der Waals surface area contributed by atoms with Gasteiger partial charge in [-0.2, -0.15) is 0 Å². The van der Waals surface area contributed by atoms with Gasteiger partial charge in [0, 0.05) is 28.0 Å². The largest absolute Gasteiger partial charge is 0.363 e. The standard InChI is InChI=1S/C15H15N3OS2/c1-10(11-3-5-12(6-4-11)21(2)19)18-14-13-7-8-20-15(13)17-9-16-14/h3-10H,1-2H3,(H,16,17,18). The Hall–Kier alpha value is -1.79. The third-order valence-electron chi connectivity index (χ3n) is 3.33. The van der Waals surface area contributed by atoms with Gasteiger partial charge in [0.25, 0.3) is 0 Å². The van der Waals surface area contributed by atoms with E-state index in [0.717, 1.165) is 26.5 Å². The minimum Gasteiger partial charge on any atom is -0.363 e. The van der Waals surface area contributed by atoms with E-state index in [1.165, 1.54) is 0 Å². The van der Waals surface area contributed by atoms with Gasteiger partial charge in [-0.15, -0.1) is 11.3 Å². The molecule has 2 atom stereocenters. The molecule has 0 saturated heterocycles. The molecule has 4 nitrogen and oxygen atoms in total. The molecule has 1 N–H and O–H groups in total. The fourth-order valence-corrected chi connectivity index (χ4v) is 3.39. The number of hydrogen-bond acceptors (Lipinski definition) is 5. The summed E-state index contributed by atoms with van der Waals surface area (Å²) in [6, 6.07) is 9.95. The Morgan fingerprint density at radius 3 is 2.67 bits per heavy atom. The van der Waals surface area contributed by atoms with E-state index in [0.29, 0.717) is 0 Å². The first-order valence-electron chi connectivity index (χ1n) is 6.53. The van der Waals surface area contributed by atoms with Crippen LogP contribution in [-0.4, -0.2) is 20.4 Å². The van der Waals surface area contributed by atoms with Crippen molar-refractivity contribution in [2.24, 2.45) is 0 Å². The molecule has 6 heteroatoms. The maximum Gasteiger partial charge on any atom is 0.138 e. The summed E-state index contributed by atoms with van der Waals surface area (Å²) in [5, 5.41) is 6.47. The van der Waals surface area contributed by atoms with Gasteiger partial charge in [-0.3, -0.25) is 4.21 Å². The molecule has 2 aromatic heterocycles. The molecule has 3 rings (SSSR count). The first-order valence-corrected chi connectivity index (χ1v) is 8.97. The summed E-state index contributed by atoms with van der Waals surface area (Å²) in [6.45, 7) is 2.08. The Morgan fingerprint density at radius 1 is 1.19 bits per heavy atom. The summed E-state index contributed by atoms with van der Waals surface area (Å²) in [7, 11) is -0.941. The molecule has 0 fully saturated rings. The fraction of sp³-hybridized carbons (Fsp3) is 0.200. The Morgan fingerprint density at radius 2 is 1.95 bits per heavy atom. The van der Waals surface area contributed by atoms with Gasteiger partial charge in [-0.1, -0.05) is 12.1 Å². The number of nitrogens with one attached hydrogen (secondary N) is 1. The van der Waals surface area contributed by atoms with Gasteiger partial charge in [0.15, 0.2) is 0 Å². The normalized spacial score (nSPS) is 14.0. The highest BCUT2D eigenvalue weighted by molar-refractivity contribution is 7.84. The van der Waals surface area contributed by atoms with Gasteiger partial charge in [-0.25, -0.2) is 9.97 Å². The molecule has 0 aliphatic heterocycles. The number of rotatable bonds is 4. The fourth-order valence-electron chi connectivity index (χ4n) is 2.14. The van der Waals surface area contributed by atoms with Crippen LogP contribution in [0.25, 0.3) is 10.2 Å². The average Bonchev–Trinajstić information content (AvgIpc) is 2.97.